The van der Waals surface area contributed by atoms with Gasteiger partial charge in [0, 0.05) is 30.2 Å². The van der Waals surface area contributed by atoms with Crippen LogP contribution in [0.3, 0.4) is 0 Å². The summed E-state index contributed by atoms with van der Waals surface area (Å²) in [6.45, 7) is 1.47. The number of hydrogen-bond donors (Lipinski definition) is 2. The Morgan fingerprint density at radius 2 is 1.57 bits per heavy atom. The molecule has 1 atom stereocenters. The van der Waals surface area contributed by atoms with E-state index in [0.717, 1.165) is 33.1 Å². The number of carbonyl (C=O) groups is 4. The van der Waals surface area contributed by atoms with Crippen LogP contribution in [0.2, 0.25) is 0 Å². The van der Waals surface area contributed by atoms with Crippen LogP contribution in [0.1, 0.15) is 40.0 Å². The molecule has 1 aromatic heterocycles. The van der Waals surface area contributed by atoms with Crippen LogP contribution in [0.25, 0.3) is 11.1 Å². The van der Waals surface area contributed by atoms with Crippen molar-refractivity contribution in [1.82, 2.24) is 14.9 Å². The van der Waals surface area contributed by atoms with Crippen LogP contribution in [0.4, 0.5) is 9.59 Å². The number of aromatic nitrogens is 2. The highest BCUT2D eigenvalue weighted by Gasteiger charge is 2.30. The van der Waals surface area contributed by atoms with Gasteiger partial charge >= 0.3 is 18.2 Å². The quantitative estimate of drug-likeness (QED) is 0.122. The van der Waals surface area contributed by atoms with Gasteiger partial charge in [-0.2, -0.15) is 0 Å². The number of nitrogens with zero attached hydrogens (tertiary/aromatic N) is 2. The second-order valence-electron chi connectivity index (χ2n) is 9.69. The molecule has 42 heavy (non-hydrogen) atoms. The fourth-order valence-corrected chi connectivity index (χ4v) is 4.89. The Bertz CT molecular complexity index is 1630. The number of ketones is 1. The molecule has 10 heteroatoms. The van der Waals surface area contributed by atoms with Gasteiger partial charge in [0.2, 0.25) is 0 Å². The van der Waals surface area contributed by atoms with Crippen LogP contribution >= 0.6 is 0 Å². The second kappa shape index (κ2) is 12.3. The number of alkyl carbamates (subject to hydrolysis) is 1. The topological polar surface area (TPSA) is 137 Å². The first-order valence-electron chi connectivity index (χ1n) is 13.2. The zero-order chi connectivity index (χ0) is 29.6. The molecule has 5 rings (SSSR count). The fourth-order valence-electron chi connectivity index (χ4n) is 4.89. The Morgan fingerprint density at radius 1 is 0.952 bits per heavy atom. The average Bonchev–Trinajstić information content (AvgIpc) is 3.59. The summed E-state index contributed by atoms with van der Waals surface area (Å²) >= 11 is 0. The number of rotatable bonds is 9. The highest BCUT2D eigenvalue weighted by atomic mass is 16.6. The Kier molecular flexibility index (Phi) is 8.24. The summed E-state index contributed by atoms with van der Waals surface area (Å²) < 4.78 is 11.8. The number of benzene rings is 3. The van der Waals surface area contributed by atoms with Crippen molar-refractivity contribution in [2.45, 2.75) is 25.3 Å². The molecule has 10 nitrogen and oxygen atoms in total. The summed E-state index contributed by atoms with van der Waals surface area (Å²) in [6.07, 6.45) is 1.19. The number of esters is 1. The third-order valence-corrected chi connectivity index (χ3v) is 6.84. The molecule has 0 spiro atoms. The Morgan fingerprint density at radius 3 is 2.19 bits per heavy atom. The van der Waals surface area contributed by atoms with E-state index in [-0.39, 0.29) is 36.2 Å². The molecule has 0 aliphatic heterocycles. The van der Waals surface area contributed by atoms with Crippen LogP contribution in [-0.2, 0) is 20.7 Å². The van der Waals surface area contributed by atoms with Gasteiger partial charge in [0.05, 0.1) is 5.69 Å². The molecule has 1 amide bonds. The van der Waals surface area contributed by atoms with Crippen molar-refractivity contribution in [3.63, 3.8) is 0 Å². The lowest BCUT2D eigenvalue weighted by atomic mass is 9.98. The van der Waals surface area contributed by atoms with Crippen LogP contribution in [-0.4, -0.2) is 51.2 Å². The summed E-state index contributed by atoms with van der Waals surface area (Å²) in [5.41, 5.74) is 4.85. The molecule has 1 heterocycles. The minimum atomic E-state index is -1.28. The molecule has 0 radical (unpaired) electrons. The van der Waals surface area contributed by atoms with Crippen molar-refractivity contribution < 1.29 is 33.8 Å². The summed E-state index contributed by atoms with van der Waals surface area (Å²) in [5.74, 6) is -1.40. The molecule has 0 saturated heterocycles. The first-order valence-corrected chi connectivity index (χ1v) is 13.2. The monoisotopic (exact) mass is 565 g/mol. The number of fused-ring (bicyclic) bond motifs is 3. The molecule has 212 valence electrons. The Balaban J connectivity index is 1.29. The van der Waals surface area contributed by atoms with Gasteiger partial charge in [-0.05, 0) is 29.2 Å². The molecule has 1 aliphatic rings. The van der Waals surface area contributed by atoms with Crippen LogP contribution in [0.5, 0.6) is 0 Å². The molecule has 0 saturated carbocycles. The van der Waals surface area contributed by atoms with Crippen LogP contribution in [0, 0.1) is 0 Å². The zero-order valence-electron chi connectivity index (χ0n) is 22.6. The summed E-state index contributed by atoms with van der Waals surface area (Å²) in [6, 6.07) is 23.0. The summed E-state index contributed by atoms with van der Waals surface area (Å²) in [7, 11) is 0. The van der Waals surface area contributed by atoms with E-state index in [1.807, 2.05) is 48.5 Å². The molecule has 1 aliphatic carbocycles. The van der Waals surface area contributed by atoms with E-state index >= 15 is 0 Å². The number of ether oxygens (including phenoxy) is 2. The smallest absolute Gasteiger partial charge is 0.416 e. The van der Waals surface area contributed by atoms with Gasteiger partial charge in [-0.15, -0.1) is 0 Å². The minimum absolute atomic E-state index is 0.0178. The van der Waals surface area contributed by atoms with Crippen molar-refractivity contribution in [2.24, 2.45) is 0 Å². The lowest BCUT2D eigenvalue weighted by Crippen LogP contribution is -2.44. The maximum absolute atomic E-state index is 13.1. The highest BCUT2D eigenvalue weighted by molar-refractivity contribution is 6.04. The SMILES string of the molecule is CC(=CC(=O)c1ccccc1)OC(=O)C(Cc1cn(C(=O)O)cn1)NC(=O)OCC1c2ccccc2-c2ccccc21. The van der Waals surface area contributed by atoms with E-state index in [2.05, 4.69) is 10.3 Å². The fraction of sp³-hybridized carbons (Fsp3) is 0.156. The molecule has 4 aromatic rings. The minimum Gasteiger partial charge on any atom is -0.464 e. The normalized spacial score (nSPS) is 13.0. The number of carbonyl (C=O) groups excluding carboxylic acids is 3. The molecular formula is C32H27N3O7. The first-order chi connectivity index (χ1) is 20.3. The van der Waals surface area contributed by atoms with Gasteiger partial charge in [0.25, 0.3) is 0 Å². The summed E-state index contributed by atoms with van der Waals surface area (Å²) in [4.78, 5) is 53.9. The molecule has 3 aromatic carbocycles. The van der Waals surface area contributed by atoms with Crippen molar-refractivity contribution in [3.8, 4) is 11.1 Å². The van der Waals surface area contributed by atoms with Gasteiger partial charge in [-0.25, -0.2) is 23.9 Å². The molecule has 0 bridgehead atoms. The van der Waals surface area contributed by atoms with E-state index < -0.39 is 24.2 Å². The van der Waals surface area contributed by atoms with E-state index in [9.17, 15) is 24.3 Å². The van der Waals surface area contributed by atoms with E-state index in [1.165, 1.54) is 19.2 Å². The zero-order valence-corrected chi connectivity index (χ0v) is 22.6. The largest absolute Gasteiger partial charge is 0.464 e. The third-order valence-electron chi connectivity index (χ3n) is 6.84. The van der Waals surface area contributed by atoms with Gasteiger partial charge in [-0.3, -0.25) is 4.79 Å². The van der Waals surface area contributed by atoms with Crippen molar-refractivity contribution >= 4 is 23.9 Å². The van der Waals surface area contributed by atoms with Crippen molar-refractivity contribution in [3.05, 3.63) is 126 Å². The standard InChI is InChI=1S/C32H27N3O7/c1-20(15-29(36)21-9-3-2-4-10-21)42-30(37)28(16-22-17-35(19-33-22)32(39)40)34-31(38)41-18-27-25-13-7-5-11-23(25)24-12-6-8-14-26(24)27/h2-15,17,19,27-28H,16,18H2,1H3,(H,34,38)(H,39,40). The number of imidazole rings is 1. The molecular weight excluding hydrogens is 538 g/mol. The average molecular weight is 566 g/mol. The summed E-state index contributed by atoms with van der Waals surface area (Å²) in [5, 5.41) is 11.7. The van der Waals surface area contributed by atoms with E-state index in [4.69, 9.17) is 9.47 Å². The van der Waals surface area contributed by atoms with Crippen LogP contribution < -0.4 is 5.32 Å². The lowest BCUT2D eigenvalue weighted by Gasteiger charge is -2.19. The van der Waals surface area contributed by atoms with Gasteiger partial charge in [0.15, 0.2) is 5.78 Å². The predicted octanol–water partition coefficient (Wildman–Crippen LogP) is 5.19. The van der Waals surface area contributed by atoms with E-state index in [1.54, 1.807) is 30.3 Å². The van der Waals surface area contributed by atoms with Crippen molar-refractivity contribution in [1.29, 1.82) is 0 Å². The lowest BCUT2D eigenvalue weighted by molar-refractivity contribution is -0.141. The van der Waals surface area contributed by atoms with E-state index in [0.29, 0.717) is 5.56 Å². The maximum atomic E-state index is 13.1. The molecule has 2 N–H and O–H groups in total. The third kappa shape index (κ3) is 6.28. The number of allylic oxidation sites excluding steroid dienone is 2. The van der Waals surface area contributed by atoms with Gasteiger partial charge in [0.1, 0.15) is 24.7 Å². The number of amides is 1. The second-order valence-corrected chi connectivity index (χ2v) is 9.69. The van der Waals surface area contributed by atoms with Crippen molar-refractivity contribution in [2.75, 3.05) is 6.61 Å². The number of carboxylic acid groups (broad SMARTS) is 1. The molecule has 0 fully saturated rings. The predicted molar refractivity (Wildman–Crippen MR) is 152 cm³/mol. The highest BCUT2D eigenvalue weighted by Crippen LogP contribution is 2.44. The maximum Gasteiger partial charge on any atom is 0.416 e. The Hall–Kier alpha value is -5.51. The molecule has 1 unspecified atom stereocenters. The number of nitrogens with one attached hydrogen (secondary N) is 1. The number of hydrogen-bond acceptors (Lipinski definition) is 7. The van der Waals surface area contributed by atoms with Gasteiger partial charge < -0.3 is 19.9 Å². The first kappa shape index (κ1) is 28.0. The Labute approximate surface area is 241 Å². The van der Waals surface area contributed by atoms with Gasteiger partial charge in [-0.1, -0.05) is 78.9 Å². The van der Waals surface area contributed by atoms with Crippen LogP contribution in [0.15, 0.2) is 103 Å².